The minimum Gasteiger partial charge on any atom is -0.366 e. The molecule has 3 rings (SSSR count). The molecule has 0 atom stereocenters. The minimum absolute atomic E-state index is 0.154. The highest BCUT2D eigenvalue weighted by atomic mass is 32.2. The Balaban J connectivity index is 1.95. The number of halogens is 1. The summed E-state index contributed by atoms with van der Waals surface area (Å²) < 4.78 is 40.8. The number of benzene rings is 3. The zero-order chi connectivity index (χ0) is 23.5. The van der Waals surface area contributed by atoms with E-state index >= 15 is 0 Å². The average molecular weight is 456 g/mol. The van der Waals surface area contributed by atoms with Crippen molar-refractivity contribution >= 4 is 33.2 Å². The summed E-state index contributed by atoms with van der Waals surface area (Å²) in [6.07, 6.45) is 0. The molecule has 0 aliphatic rings. The van der Waals surface area contributed by atoms with Crippen molar-refractivity contribution in [2.75, 3.05) is 16.2 Å². The number of carbonyl (C=O) groups is 2. The van der Waals surface area contributed by atoms with Crippen LogP contribution in [0.5, 0.6) is 0 Å². The molecule has 0 aliphatic carbocycles. The molecule has 0 saturated heterocycles. The normalized spacial score (nSPS) is 11.1. The Bertz CT molecular complexity index is 1260. The number of nitrogens with one attached hydrogen (secondary N) is 1. The van der Waals surface area contributed by atoms with Crippen molar-refractivity contribution in [3.05, 3.63) is 89.2 Å². The van der Waals surface area contributed by atoms with Crippen molar-refractivity contribution in [3.8, 4) is 0 Å². The fourth-order valence-corrected chi connectivity index (χ4v) is 4.54. The van der Waals surface area contributed by atoms with Gasteiger partial charge in [-0.1, -0.05) is 23.8 Å². The van der Waals surface area contributed by atoms with E-state index in [2.05, 4.69) is 5.32 Å². The monoisotopic (exact) mass is 455 g/mol. The molecule has 0 radical (unpaired) electrons. The zero-order valence-electron chi connectivity index (χ0n) is 17.5. The van der Waals surface area contributed by atoms with Crippen molar-refractivity contribution in [3.63, 3.8) is 0 Å². The molecule has 9 heteroatoms. The van der Waals surface area contributed by atoms with Crippen LogP contribution in [-0.2, 0) is 14.8 Å². The maximum atomic E-state index is 13.3. The maximum Gasteiger partial charge on any atom is 0.264 e. The Kier molecular flexibility index (Phi) is 6.59. The van der Waals surface area contributed by atoms with E-state index in [4.69, 9.17) is 5.73 Å². The zero-order valence-corrected chi connectivity index (χ0v) is 18.3. The lowest BCUT2D eigenvalue weighted by Crippen LogP contribution is -2.38. The lowest BCUT2D eigenvalue weighted by atomic mass is 10.1. The van der Waals surface area contributed by atoms with Crippen molar-refractivity contribution in [2.45, 2.75) is 18.7 Å². The second kappa shape index (κ2) is 9.19. The van der Waals surface area contributed by atoms with Crippen LogP contribution in [0.15, 0.2) is 71.6 Å². The summed E-state index contributed by atoms with van der Waals surface area (Å²) in [6, 6.07) is 15.7. The summed E-state index contributed by atoms with van der Waals surface area (Å²) in [4.78, 5) is 24.2. The number of hydrogen-bond donors (Lipinski definition) is 2. The summed E-state index contributed by atoms with van der Waals surface area (Å²) in [6.45, 7) is 2.94. The van der Waals surface area contributed by atoms with Gasteiger partial charge in [-0.3, -0.25) is 13.9 Å². The van der Waals surface area contributed by atoms with E-state index in [1.54, 1.807) is 43.3 Å². The topological polar surface area (TPSA) is 110 Å². The Hall–Kier alpha value is -3.72. The summed E-state index contributed by atoms with van der Waals surface area (Å²) >= 11 is 0. The summed E-state index contributed by atoms with van der Waals surface area (Å²) in [5.74, 6) is -1.84. The highest BCUT2D eigenvalue weighted by molar-refractivity contribution is 7.92. The van der Waals surface area contributed by atoms with Gasteiger partial charge < -0.3 is 11.1 Å². The van der Waals surface area contributed by atoms with E-state index in [0.717, 1.165) is 34.1 Å². The number of primary amides is 1. The number of carbonyl (C=O) groups excluding carboxylic acids is 2. The van der Waals surface area contributed by atoms with E-state index in [1.807, 2.05) is 6.92 Å². The molecule has 0 fully saturated rings. The van der Waals surface area contributed by atoms with Gasteiger partial charge in [-0.2, -0.15) is 0 Å². The molecule has 0 saturated carbocycles. The summed E-state index contributed by atoms with van der Waals surface area (Å²) in [5, 5.41) is 2.64. The number of anilines is 2. The lowest BCUT2D eigenvalue weighted by molar-refractivity contribution is -0.114. The molecule has 0 heterocycles. The van der Waals surface area contributed by atoms with Crippen LogP contribution in [0.4, 0.5) is 15.8 Å². The van der Waals surface area contributed by atoms with Gasteiger partial charge in [0, 0.05) is 11.3 Å². The van der Waals surface area contributed by atoms with Crippen LogP contribution < -0.4 is 15.4 Å². The van der Waals surface area contributed by atoms with Crippen molar-refractivity contribution in [2.24, 2.45) is 5.73 Å². The quantitative estimate of drug-likeness (QED) is 0.569. The molecule has 0 bridgehead atoms. The SMILES string of the molecule is Cc1ccc(N(CC(=O)Nc2cccc(C(N)=O)c2C)S(=O)(=O)c2ccc(F)cc2)cc1. The van der Waals surface area contributed by atoms with Crippen LogP contribution in [0.2, 0.25) is 0 Å². The number of nitrogens with two attached hydrogens (primary N) is 1. The molecule has 7 nitrogen and oxygen atoms in total. The van der Waals surface area contributed by atoms with Crippen molar-refractivity contribution in [1.82, 2.24) is 0 Å². The summed E-state index contributed by atoms with van der Waals surface area (Å²) in [7, 11) is -4.17. The first-order chi connectivity index (χ1) is 15.1. The first-order valence-corrected chi connectivity index (χ1v) is 11.1. The molecular weight excluding hydrogens is 433 g/mol. The first kappa shape index (κ1) is 23.0. The predicted octanol–water partition coefficient (Wildman–Crippen LogP) is 3.38. The molecule has 166 valence electrons. The van der Waals surface area contributed by atoms with Gasteiger partial charge in [0.15, 0.2) is 0 Å². The predicted molar refractivity (Wildman–Crippen MR) is 120 cm³/mol. The van der Waals surface area contributed by atoms with Crippen LogP contribution in [0.25, 0.3) is 0 Å². The first-order valence-electron chi connectivity index (χ1n) is 9.64. The molecule has 0 aromatic heterocycles. The molecule has 0 unspecified atom stereocenters. The van der Waals surface area contributed by atoms with E-state index in [0.29, 0.717) is 11.3 Å². The van der Waals surface area contributed by atoms with Crippen molar-refractivity contribution < 1.29 is 22.4 Å². The van der Waals surface area contributed by atoms with Gasteiger partial charge in [0.1, 0.15) is 12.4 Å². The van der Waals surface area contributed by atoms with Gasteiger partial charge in [-0.25, -0.2) is 12.8 Å². The molecule has 0 spiro atoms. The van der Waals surface area contributed by atoms with Gasteiger partial charge in [0.25, 0.3) is 10.0 Å². The van der Waals surface area contributed by atoms with E-state index in [-0.39, 0.29) is 16.1 Å². The van der Waals surface area contributed by atoms with Gasteiger partial charge in [-0.15, -0.1) is 0 Å². The van der Waals surface area contributed by atoms with Crippen LogP contribution >= 0.6 is 0 Å². The highest BCUT2D eigenvalue weighted by Crippen LogP contribution is 2.25. The van der Waals surface area contributed by atoms with Crippen molar-refractivity contribution in [1.29, 1.82) is 0 Å². The van der Waals surface area contributed by atoms with E-state index in [1.165, 1.54) is 6.07 Å². The smallest absolute Gasteiger partial charge is 0.264 e. The second-order valence-corrected chi connectivity index (χ2v) is 9.05. The fourth-order valence-electron chi connectivity index (χ4n) is 3.12. The number of amides is 2. The van der Waals surface area contributed by atoms with Crippen LogP contribution in [-0.4, -0.2) is 26.8 Å². The van der Waals surface area contributed by atoms with Crippen LogP contribution in [0, 0.1) is 19.7 Å². The third-order valence-corrected chi connectivity index (χ3v) is 6.67. The van der Waals surface area contributed by atoms with E-state index in [9.17, 15) is 22.4 Å². The van der Waals surface area contributed by atoms with Gasteiger partial charge in [0.2, 0.25) is 11.8 Å². The number of nitrogens with zero attached hydrogens (tertiary/aromatic N) is 1. The number of aryl methyl sites for hydroxylation is 1. The van der Waals surface area contributed by atoms with E-state index < -0.39 is 34.2 Å². The number of rotatable bonds is 7. The summed E-state index contributed by atoms with van der Waals surface area (Å²) in [5.41, 5.74) is 7.60. The Labute approximate surface area is 185 Å². The third-order valence-electron chi connectivity index (χ3n) is 4.88. The number of sulfonamides is 1. The molecule has 3 aromatic rings. The largest absolute Gasteiger partial charge is 0.366 e. The minimum atomic E-state index is -4.17. The maximum absolute atomic E-state index is 13.3. The second-order valence-electron chi connectivity index (χ2n) is 7.19. The lowest BCUT2D eigenvalue weighted by Gasteiger charge is -2.24. The molecule has 2 amide bonds. The Morgan fingerprint density at radius 1 is 0.969 bits per heavy atom. The van der Waals surface area contributed by atoms with Crippen LogP contribution in [0.1, 0.15) is 21.5 Å². The molecular formula is C23H22FN3O4S. The Morgan fingerprint density at radius 2 is 1.59 bits per heavy atom. The molecule has 3 aromatic carbocycles. The van der Waals surface area contributed by atoms with Crippen LogP contribution in [0.3, 0.4) is 0 Å². The highest BCUT2D eigenvalue weighted by Gasteiger charge is 2.27. The molecule has 32 heavy (non-hydrogen) atoms. The standard InChI is InChI=1S/C23H22FN3O4S/c1-15-6-10-18(11-7-15)27(32(30,31)19-12-8-17(24)9-13-19)14-22(28)26-21-5-3-4-20(16(21)2)23(25)29/h3-13H,14H2,1-2H3,(H2,25,29)(H,26,28). The molecule has 3 N–H and O–H groups in total. The van der Waals surface area contributed by atoms with Gasteiger partial charge >= 0.3 is 0 Å². The Morgan fingerprint density at radius 3 is 2.19 bits per heavy atom. The molecule has 0 aliphatic heterocycles. The number of hydrogen-bond acceptors (Lipinski definition) is 4. The van der Waals surface area contributed by atoms with Gasteiger partial charge in [-0.05, 0) is 67.9 Å². The van der Waals surface area contributed by atoms with Gasteiger partial charge in [0.05, 0.1) is 10.6 Å². The average Bonchev–Trinajstić information content (AvgIpc) is 2.74. The fraction of sp³-hybridized carbons (Fsp3) is 0.130. The third kappa shape index (κ3) is 4.94.